The average molecular weight is 395 g/mol. The maximum Gasteiger partial charge on any atom is 0.418 e. The zero-order valence-corrected chi connectivity index (χ0v) is 14.2. The summed E-state index contributed by atoms with van der Waals surface area (Å²) < 4.78 is 49.4. The van der Waals surface area contributed by atoms with Crippen LogP contribution in [0, 0.1) is 11.3 Å². The number of amides is 1. The van der Waals surface area contributed by atoms with Gasteiger partial charge in [0, 0.05) is 0 Å². The van der Waals surface area contributed by atoms with Gasteiger partial charge >= 0.3 is 6.18 Å². The summed E-state index contributed by atoms with van der Waals surface area (Å²) in [5.41, 5.74) is -1.50. The predicted octanol–water partition coefficient (Wildman–Crippen LogP) is 4.63. The maximum absolute atomic E-state index is 13.0. The molecular weight excluding hydrogens is 385 g/mol. The van der Waals surface area contributed by atoms with Crippen LogP contribution in [-0.4, -0.2) is 12.7 Å². The van der Waals surface area contributed by atoms with Crippen LogP contribution in [0.5, 0.6) is 11.5 Å². The molecule has 0 atom stereocenters. The number of nitrogens with one attached hydrogen (secondary N) is 1. The number of carbonyl (C=O) groups excluding carboxylic acids is 1. The topological polar surface area (TPSA) is 71.3 Å². The van der Waals surface area contributed by atoms with Crippen LogP contribution in [-0.2, 0) is 11.0 Å². The molecule has 0 saturated carbocycles. The lowest BCUT2D eigenvalue weighted by molar-refractivity contribution is -0.137. The molecule has 0 unspecified atom stereocenters. The number of hydrogen-bond donors (Lipinski definition) is 1. The van der Waals surface area contributed by atoms with Gasteiger partial charge in [0.2, 0.25) is 6.79 Å². The standard InChI is InChI=1S/C18H10ClF3N2O3/c19-13-6-10(7-15-16(13)27-9-26-15)5-11(8-23)17(25)24-14-4-2-1-3-12(14)18(20,21)22/h1-7H,9H2,(H,24,25)/b11-5-. The quantitative estimate of drug-likeness (QED) is 0.608. The number of carbonyl (C=O) groups is 1. The highest BCUT2D eigenvalue weighted by atomic mass is 35.5. The van der Waals surface area contributed by atoms with Crippen molar-refractivity contribution in [3.05, 3.63) is 58.1 Å². The molecule has 1 aliphatic heterocycles. The van der Waals surface area contributed by atoms with Crippen molar-refractivity contribution in [2.45, 2.75) is 6.18 Å². The van der Waals surface area contributed by atoms with Gasteiger partial charge in [-0.15, -0.1) is 0 Å². The molecule has 0 aliphatic carbocycles. The largest absolute Gasteiger partial charge is 0.454 e. The molecule has 1 heterocycles. The lowest BCUT2D eigenvalue weighted by Gasteiger charge is -2.13. The number of hydrogen-bond acceptors (Lipinski definition) is 4. The van der Waals surface area contributed by atoms with E-state index in [1.54, 1.807) is 6.07 Å². The number of nitrogens with zero attached hydrogens (tertiary/aromatic N) is 1. The van der Waals surface area contributed by atoms with Crippen molar-refractivity contribution in [3.8, 4) is 17.6 Å². The minimum absolute atomic E-state index is 0.0119. The van der Waals surface area contributed by atoms with Gasteiger partial charge in [-0.2, -0.15) is 18.4 Å². The molecule has 0 fully saturated rings. The molecule has 0 aromatic heterocycles. The zero-order valence-electron chi connectivity index (χ0n) is 13.4. The van der Waals surface area contributed by atoms with E-state index in [0.29, 0.717) is 17.1 Å². The molecule has 2 aromatic rings. The normalized spacial score (nSPS) is 13.2. The van der Waals surface area contributed by atoms with Crippen molar-refractivity contribution in [2.24, 2.45) is 0 Å². The number of ether oxygens (including phenoxy) is 2. The summed E-state index contributed by atoms with van der Waals surface area (Å²) in [7, 11) is 0. The zero-order chi connectivity index (χ0) is 19.6. The lowest BCUT2D eigenvalue weighted by Crippen LogP contribution is -2.17. The molecule has 27 heavy (non-hydrogen) atoms. The monoisotopic (exact) mass is 394 g/mol. The molecule has 3 rings (SSSR count). The van der Waals surface area contributed by atoms with Crippen LogP contribution >= 0.6 is 11.6 Å². The first-order valence-corrected chi connectivity index (χ1v) is 7.86. The van der Waals surface area contributed by atoms with E-state index in [-0.39, 0.29) is 11.8 Å². The summed E-state index contributed by atoms with van der Waals surface area (Å²) in [5.74, 6) is -0.298. The number of anilines is 1. The third-order valence-electron chi connectivity index (χ3n) is 3.61. The fourth-order valence-corrected chi connectivity index (χ4v) is 2.69. The Labute approximate surface area is 156 Å². The summed E-state index contributed by atoms with van der Waals surface area (Å²) in [6.07, 6.45) is -3.45. The molecule has 5 nitrogen and oxygen atoms in total. The van der Waals surface area contributed by atoms with Gasteiger partial charge in [0.05, 0.1) is 16.3 Å². The van der Waals surface area contributed by atoms with E-state index >= 15 is 0 Å². The van der Waals surface area contributed by atoms with Gasteiger partial charge in [-0.3, -0.25) is 4.79 Å². The number of nitriles is 1. The molecule has 138 valence electrons. The van der Waals surface area contributed by atoms with Gasteiger partial charge < -0.3 is 14.8 Å². The smallest absolute Gasteiger partial charge is 0.418 e. The molecule has 9 heteroatoms. The molecule has 2 aromatic carbocycles. The van der Waals surface area contributed by atoms with Crippen molar-refractivity contribution in [1.82, 2.24) is 0 Å². The second-order valence-corrected chi connectivity index (χ2v) is 5.81. The molecule has 0 saturated heterocycles. The van der Waals surface area contributed by atoms with Crippen molar-refractivity contribution >= 4 is 29.3 Å². The number of alkyl halides is 3. The Morgan fingerprint density at radius 2 is 2.00 bits per heavy atom. The van der Waals surface area contributed by atoms with Gasteiger partial charge in [0.1, 0.15) is 11.6 Å². The molecule has 0 radical (unpaired) electrons. The highest BCUT2D eigenvalue weighted by Gasteiger charge is 2.33. The summed E-state index contributed by atoms with van der Waals surface area (Å²) in [4.78, 5) is 12.3. The highest BCUT2D eigenvalue weighted by molar-refractivity contribution is 6.32. The third kappa shape index (κ3) is 3.99. The van der Waals surface area contributed by atoms with Crippen LogP contribution in [0.15, 0.2) is 42.0 Å². The minimum Gasteiger partial charge on any atom is -0.454 e. The fraction of sp³-hybridized carbons (Fsp3) is 0.111. The van der Waals surface area contributed by atoms with Gasteiger partial charge in [0.15, 0.2) is 11.5 Å². The number of fused-ring (bicyclic) bond motifs is 1. The Balaban J connectivity index is 1.89. The van der Waals surface area contributed by atoms with E-state index in [1.165, 1.54) is 30.3 Å². The average Bonchev–Trinajstić information content (AvgIpc) is 3.08. The summed E-state index contributed by atoms with van der Waals surface area (Å²) in [6.45, 7) is -0.0119. The first-order valence-electron chi connectivity index (χ1n) is 7.48. The lowest BCUT2D eigenvalue weighted by atomic mass is 10.1. The highest BCUT2D eigenvalue weighted by Crippen LogP contribution is 2.40. The number of benzene rings is 2. The molecule has 1 N–H and O–H groups in total. The summed E-state index contributed by atoms with van der Waals surface area (Å²) >= 11 is 6.04. The van der Waals surface area contributed by atoms with E-state index in [1.807, 2.05) is 0 Å². The van der Waals surface area contributed by atoms with E-state index in [4.69, 9.17) is 21.1 Å². The van der Waals surface area contributed by atoms with Crippen LogP contribution in [0.2, 0.25) is 5.02 Å². The van der Waals surface area contributed by atoms with Crippen LogP contribution in [0.25, 0.3) is 6.08 Å². The Morgan fingerprint density at radius 3 is 2.70 bits per heavy atom. The summed E-state index contributed by atoms with van der Waals surface area (Å²) in [6, 6.07) is 9.11. The molecule has 1 aliphatic rings. The van der Waals surface area contributed by atoms with Crippen molar-refractivity contribution in [2.75, 3.05) is 12.1 Å². The second kappa shape index (κ2) is 7.21. The molecular formula is C18H10ClF3N2O3. The number of rotatable bonds is 3. The van der Waals surface area contributed by atoms with Gasteiger partial charge in [-0.1, -0.05) is 23.7 Å². The Bertz CT molecular complexity index is 981. The Hall–Kier alpha value is -3.18. The van der Waals surface area contributed by atoms with E-state index in [0.717, 1.165) is 12.1 Å². The molecule has 0 spiro atoms. The van der Waals surface area contributed by atoms with Crippen molar-refractivity contribution < 1.29 is 27.4 Å². The van der Waals surface area contributed by atoms with Crippen LogP contribution < -0.4 is 14.8 Å². The molecule has 0 bridgehead atoms. The number of halogens is 4. The minimum atomic E-state index is -4.65. The van der Waals surface area contributed by atoms with Crippen molar-refractivity contribution in [1.29, 1.82) is 5.26 Å². The predicted molar refractivity (Wildman–Crippen MR) is 91.2 cm³/mol. The van der Waals surface area contributed by atoms with E-state index in [9.17, 15) is 23.2 Å². The van der Waals surface area contributed by atoms with E-state index < -0.39 is 28.9 Å². The van der Waals surface area contributed by atoms with Crippen LogP contribution in [0.1, 0.15) is 11.1 Å². The van der Waals surface area contributed by atoms with Gasteiger partial charge in [-0.05, 0) is 35.9 Å². The first kappa shape index (κ1) is 18.6. The van der Waals surface area contributed by atoms with Gasteiger partial charge in [0.25, 0.3) is 5.91 Å². The third-order valence-corrected chi connectivity index (χ3v) is 3.89. The molecule has 1 amide bonds. The summed E-state index contributed by atoms with van der Waals surface area (Å²) in [5, 5.41) is 11.6. The fourth-order valence-electron chi connectivity index (χ4n) is 2.41. The van der Waals surface area contributed by atoms with Crippen LogP contribution in [0.3, 0.4) is 0 Å². The van der Waals surface area contributed by atoms with Gasteiger partial charge in [-0.25, -0.2) is 0 Å². The SMILES string of the molecule is N#C/C(=C/c1cc(Cl)c2c(c1)OCO2)C(=O)Nc1ccccc1C(F)(F)F. The van der Waals surface area contributed by atoms with E-state index in [2.05, 4.69) is 5.32 Å². The van der Waals surface area contributed by atoms with Crippen LogP contribution in [0.4, 0.5) is 18.9 Å². The number of para-hydroxylation sites is 1. The maximum atomic E-state index is 13.0. The Kier molecular flexibility index (Phi) is 4.97. The Morgan fingerprint density at radius 1 is 1.26 bits per heavy atom. The first-order chi connectivity index (χ1) is 12.8. The second-order valence-electron chi connectivity index (χ2n) is 5.40. The van der Waals surface area contributed by atoms with Crippen molar-refractivity contribution in [3.63, 3.8) is 0 Å².